The molecular formula is C30H36F2N6O2. The Kier molecular flexibility index (Phi) is 6.73. The number of hydrogen-bond acceptors (Lipinski definition) is 6. The number of aryl methyl sites for hydroxylation is 1. The average Bonchev–Trinajstić information content (AvgIpc) is 3.55. The number of halogens is 2. The fourth-order valence-corrected chi connectivity index (χ4v) is 6.28. The van der Waals surface area contributed by atoms with Crippen molar-refractivity contribution < 1.29 is 18.3 Å². The van der Waals surface area contributed by atoms with E-state index in [1.807, 2.05) is 35.9 Å². The first-order chi connectivity index (χ1) is 19.0. The van der Waals surface area contributed by atoms with Gasteiger partial charge >= 0.3 is 0 Å². The third-order valence-electron chi connectivity index (χ3n) is 8.87. The molecular weight excluding hydrogens is 514 g/mol. The maximum Gasteiger partial charge on any atom is 0.274 e. The van der Waals surface area contributed by atoms with Crippen LogP contribution < -0.4 is 10.6 Å². The second-order valence-corrected chi connectivity index (χ2v) is 12.4. The summed E-state index contributed by atoms with van der Waals surface area (Å²) in [6.07, 6.45) is 4.42. The minimum absolute atomic E-state index is 0.0785. The van der Waals surface area contributed by atoms with E-state index >= 15 is 0 Å². The van der Waals surface area contributed by atoms with Gasteiger partial charge in [0.1, 0.15) is 17.8 Å². The molecule has 212 valence electrons. The topological polar surface area (TPSA) is 94.0 Å². The van der Waals surface area contributed by atoms with Gasteiger partial charge in [-0.05, 0) is 54.2 Å². The van der Waals surface area contributed by atoms with Crippen molar-refractivity contribution in [2.45, 2.75) is 81.7 Å². The molecule has 0 unspecified atom stereocenters. The number of carbonyl (C=O) groups excluding carboxylic acids is 1. The Balaban J connectivity index is 1.23. The van der Waals surface area contributed by atoms with Gasteiger partial charge in [-0.2, -0.15) is 0 Å². The quantitative estimate of drug-likeness (QED) is 0.430. The van der Waals surface area contributed by atoms with Gasteiger partial charge in [-0.1, -0.05) is 26.0 Å². The van der Waals surface area contributed by atoms with Crippen molar-refractivity contribution in [3.8, 4) is 0 Å². The second kappa shape index (κ2) is 9.99. The Hall–Kier alpha value is -3.24. The maximum absolute atomic E-state index is 13.7. The minimum atomic E-state index is -2.60. The number of ether oxygens (including phenoxy) is 1. The lowest BCUT2D eigenvalue weighted by molar-refractivity contribution is -0.0610. The summed E-state index contributed by atoms with van der Waals surface area (Å²) >= 11 is 0. The van der Waals surface area contributed by atoms with Crippen LogP contribution in [-0.4, -0.2) is 50.8 Å². The summed E-state index contributed by atoms with van der Waals surface area (Å²) in [6, 6.07) is 9.47. The van der Waals surface area contributed by atoms with E-state index in [0.717, 1.165) is 41.1 Å². The van der Waals surface area contributed by atoms with Gasteiger partial charge in [-0.25, -0.2) is 13.8 Å². The lowest BCUT2D eigenvalue weighted by Gasteiger charge is -2.41. The molecule has 2 fully saturated rings. The van der Waals surface area contributed by atoms with E-state index in [9.17, 15) is 13.6 Å². The van der Waals surface area contributed by atoms with E-state index in [-0.39, 0.29) is 35.6 Å². The standard InChI is InChI=1S/C30H36F2N6O2/c1-28(2)9-8-23-19(15-33-22-7-10-30(31,32)13-22)11-24(36-26(23)28)27(39)35-21-6-4-5-20(12-21)29(16-40-17-29)14-25-37-34-18-38(25)3/h4-6,11-12,18,22,33H,7-10,13-17H2,1-3H3,(H,35,39)/t22-/m1/s1. The molecule has 0 bridgehead atoms. The molecule has 1 saturated heterocycles. The summed E-state index contributed by atoms with van der Waals surface area (Å²) in [5.74, 6) is -2.01. The van der Waals surface area contributed by atoms with Crippen LogP contribution in [0.4, 0.5) is 14.5 Å². The van der Waals surface area contributed by atoms with Gasteiger partial charge in [0, 0.05) is 55.4 Å². The van der Waals surface area contributed by atoms with Crippen molar-refractivity contribution in [2.24, 2.45) is 7.05 Å². The Morgan fingerprint density at radius 2 is 2.02 bits per heavy atom. The van der Waals surface area contributed by atoms with Crippen LogP contribution in [0.5, 0.6) is 0 Å². The number of nitrogens with zero attached hydrogens (tertiary/aromatic N) is 4. The van der Waals surface area contributed by atoms with E-state index < -0.39 is 5.92 Å². The van der Waals surface area contributed by atoms with E-state index in [2.05, 4.69) is 40.7 Å². The van der Waals surface area contributed by atoms with E-state index in [4.69, 9.17) is 9.72 Å². The van der Waals surface area contributed by atoms with E-state index in [1.54, 1.807) is 6.33 Å². The van der Waals surface area contributed by atoms with Crippen molar-refractivity contribution in [1.82, 2.24) is 25.1 Å². The number of anilines is 1. The highest BCUT2D eigenvalue weighted by atomic mass is 19.3. The van der Waals surface area contributed by atoms with Gasteiger partial charge in [0.2, 0.25) is 5.92 Å². The van der Waals surface area contributed by atoms with Crippen LogP contribution in [0, 0.1) is 0 Å². The third kappa shape index (κ3) is 5.14. The number of nitrogens with one attached hydrogen (secondary N) is 2. The Morgan fingerprint density at radius 1 is 1.20 bits per heavy atom. The van der Waals surface area contributed by atoms with Crippen LogP contribution >= 0.6 is 0 Å². The first-order valence-electron chi connectivity index (χ1n) is 14.0. The number of pyridine rings is 1. The Morgan fingerprint density at radius 3 is 2.70 bits per heavy atom. The number of rotatable bonds is 8. The molecule has 2 aromatic heterocycles. The van der Waals surface area contributed by atoms with Crippen molar-refractivity contribution in [1.29, 1.82) is 0 Å². The molecule has 40 heavy (non-hydrogen) atoms. The number of hydrogen-bond donors (Lipinski definition) is 2. The van der Waals surface area contributed by atoms with Gasteiger partial charge < -0.3 is 19.9 Å². The van der Waals surface area contributed by atoms with Crippen molar-refractivity contribution in [3.05, 3.63) is 70.6 Å². The van der Waals surface area contributed by atoms with E-state index in [0.29, 0.717) is 44.0 Å². The Labute approximate surface area is 232 Å². The summed E-state index contributed by atoms with van der Waals surface area (Å²) < 4.78 is 35.0. The molecule has 6 rings (SSSR count). The van der Waals surface area contributed by atoms with Gasteiger partial charge in [0.15, 0.2) is 0 Å². The molecule has 3 heterocycles. The highest BCUT2D eigenvalue weighted by Gasteiger charge is 2.42. The summed E-state index contributed by atoms with van der Waals surface area (Å²) in [5, 5.41) is 14.6. The van der Waals surface area contributed by atoms with Crippen LogP contribution in [0.1, 0.15) is 78.2 Å². The molecule has 10 heteroatoms. The maximum atomic E-state index is 13.7. The molecule has 1 saturated carbocycles. The fourth-order valence-electron chi connectivity index (χ4n) is 6.28. The predicted octanol–water partition coefficient (Wildman–Crippen LogP) is 4.47. The van der Waals surface area contributed by atoms with Crippen LogP contribution in [0.15, 0.2) is 36.7 Å². The van der Waals surface area contributed by atoms with Crippen molar-refractivity contribution >= 4 is 11.6 Å². The first-order valence-corrected chi connectivity index (χ1v) is 14.0. The highest BCUT2D eigenvalue weighted by molar-refractivity contribution is 6.03. The largest absolute Gasteiger partial charge is 0.379 e. The molecule has 2 aliphatic carbocycles. The molecule has 1 aliphatic heterocycles. The summed E-state index contributed by atoms with van der Waals surface area (Å²) in [5.41, 5.74) is 4.74. The van der Waals surface area contributed by atoms with Gasteiger partial charge in [-0.15, -0.1) is 10.2 Å². The number of aromatic nitrogens is 4. The Bertz CT molecular complexity index is 1430. The van der Waals surface area contributed by atoms with Crippen LogP contribution in [0.3, 0.4) is 0 Å². The van der Waals surface area contributed by atoms with Crippen LogP contribution in [0.25, 0.3) is 0 Å². The zero-order valence-corrected chi connectivity index (χ0v) is 23.3. The molecule has 1 atom stereocenters. The second-order valence-electron chi connectivity index (χ2n) is 12.4. The number of carbonyl (C=O) groups is 1. The molecule has 1 amide bonds. The molecule has 0 spiro atoms. The molecule has 3 aromatic rings. The van der Waals surface area contributed by atoms with Crippen molar-refractivity contribution in [2.75, 3.05) is 18.5 Å². The summed E-state index contributed by atoms with van der Waals surface area (Å²) in [4.78, 5) is 18.4. The minimum Gasteiger partial charge on any atom is -0.379 e. The molecule has 8 nitrogen and oxygen atoms in total. The zero-order chi connectivity index (χ0) is 28.1. The van der Waals surface area contributed by atoms with Gasteiger partial charge in [0.25, 0.3) is 5.91 Å². The third-order valence-corrected chi connectivity index (χ3v) is 8.87. The zero-order valence-electron chi connectivity index (χ0n) is 23.3. The van der Waals surface area contributed by atoms with E-state index in [1.165, 1.54) is 0 Å². The normalized spacial score (nSPS) is 22.1. The highest BCUT2D eigenvalue weighted by Crippen LogP contribution is 2.40. The van der Waals surface area contributed by atoms with Crippen LogP contribution in [0.2, 0.25) is 0 Å². The van der Waals surface area contributed by atoms with Gasteiger partial charge in [0.05, 0.1) is 18.9 Å². The lowest BCUT2D eigenvalue weighted by atomic mass is 9.75. The lowest BCUT2D eigenvalue weighted by Crippen LogP contribution is -2.49. The van der Waals surface area contributed by atoms with Gasteiger partial charge in [-0.3, -0.25) is 4.79 Å². The molecule has 0 radical (unpaired) electrons. The number of alkyl halides is 2. The number of fused-ring (bicyclic) bond motifs is 1. The number of benzene rings is 1. The van der Waals surface area contributed by atoms with Crippen molar-refractivity contribution in [3.63, 3.8) is 0 Å². The predicted molar refractivity (Wildman–Crippen MR) is 147 cm³/mol. The fraction of sp³-hybridized carbons (Fsp3) is 0.533. The molecule has 1 aromatic carbocycles. The molecule has 2 N–H and O–H groups in total. The SMILES string of the molecule is Cn1cnnc1CC1(c2cccc(NC(=O)c3cc(CN[C@@H]4CCC(F)(F)C4)c4c(n3)C(C)(C)CC4)c2)COC1. The summed E-state index contributed by atoms with van der Waals surface area (Å²) in [7, 11) is 1.93. The average molecular weight is 551 g/mol. The summed E-state index contributed by atoms with van der Waals surface area (Å²) in [6.45, 7) is 5.87. The van der Waals surface area contributed by atoms with Crippen LogP contribution in [-0.2, 0) is 42.0 Å². The monoisotopic (exact) mass is 550 g/mol. The molecule has 3 aliphatic rings. The number of amides is 1. The first kappa shape index (κ1) is 27.0. The smallest absolute Gasteiger partial charge is 0.274 e.